The monoisotopic (exact) mass is 346 g/mol. The lowest BCUT2D eigenvalue weighted by Crippen LogP contribution is -2.54. The third kappa shape index (κ3) is 3.74. The predicted octanol–water partition coefficient (Wildman–Crippen LogP) is 2.12. The summed E-state index contributed by atoms with van der Waals surface area (Å²) in [7, 11) is 1.57. The summed E-state index contributed by atoms with van der Waals surface area (Å²) < 4.78 is 10.4. The fraction of sp³-hybridized carbons (Fsp3) is 0.294. The lowest BCUT2D eigenvalue weighted by molar-refractivity contribution is -0.153. The molecular formula is C17H18N2O4S. The Bertz CT molecular complexity index is 717. The Morgan fingerprint density at radius 2 is 2.29 bits per heavy atom. The molecule has 7 heteroatoms. The summed E-state index contributed by atoms with van der Waals surface area (Å²) in [6.07, 6.45) is 0. The summed E-state index contributed by atoms with van der Waals surface area (Å²) in [6, 6.07) is 10.3. The van der Waals surface area contributed by atoms with Gasteiger partial charge in [0.05, 0.1) is 20.3 Å². The van der Waals surface area contributed by atoms with Gasteiger partial charge in [0.1, 0.15) is 18.4 Å². The minimum atomic E-state index is -0.653. The fourth-order valence-corrected chi connectivity index (χ4v) is 3.22. The van der Waals surface area contributed by atoms with Gasteiger partial charge in [0.25, 0.3) is 0 Å². The molecular weight excluding hydrogens is 328 g/mol. The van der Waals surface area contributed by atoms with E-state index < -0.39 is 6.04 Å². The van der Waals surface area contributed by atoms with Crippen LogP contribution in [0.5, 0.6) is 5.75 Å². The first kappa shape index (κ1) is 16.5. The first-order valence-electron chi connectivity index (χ1n) is 7.52. The van der Waals surface area contributed by atoms with Gasteiger partial charge in [0, 0.05) is 16.6 Å². The van der Waals surface area contributed by atoms with Gasteiger partial charge in [-0.3, -0.25) is 9.59 Å². The lowest BCUT2D eigenvalue weighted by Gasteiger charge is -2.34. The topological polar surface area (TPSA) is 67.9 Å². The SMILES string of the molecule is COc1cccc(NC(=O)C2COCC(=O)N2Cc2cccs2)c1. The molecule has 1 aromatic heterocycles. The number of thiophene rings is 1. The average molecular weight is 346 g/mol. The third-order valence-corrected chi connectivity index (χ3v) is 4.61. The van der Waals surface area contributed by atoms with Crippen molar-refractivity contribution >= 4 is 28.8 Å². The number of amides is 2. The van der Waals surface area contributed by atoms with Gasteiger partial charge in [-0.15, -0.1) is 11.3 Å². The molecule has 0 saturated carbocycles. The molecule has 1 saturated heterocycles. The molecule has 1 atom stereocenters. The van der Waals surface area contributed by atoms with E-state index in [0.717, 1.165) is 4.88 Å². The van der Waals surface area contributed by atoms with Crippen LogP contribution in [-0.2, 0) is 20.9 Å². The molecule has 0 radical (unpaired) electrons. The quantitative estimate of drug-likeness (QED) is 0.900. The van der Waals surface area contributed by atoms with Crippen LogP contribution in [0.4, 0.5) is 5.69 Å². The molecule has 1 aromatic carbocycles. The number of ether oxygens (including phenoxy) is 2. The molecule has 2 amide bonds. The van der Waals surface area contributed by atoms with Crippen molar-refractivity contribution in [2.75, 3.05) is 25.6 Å². The van der Waals surface area contributed by atoms with Crippen LogP contribution in [0.1, 0.15) is 4.88 Å². The number of carbonyl (C=O) groups is 2. The van der Waals surface area contributed by atoms with E-state index in [2.05, 4.69) is 5.32 Å². The molecule has 1 aliphatic rings. The molecule has 1 unspecified atom stereocenters. The number of morpholine rings is 1. The molecule has 6 nitrogen and oxygen atoms in total. The van der Waals surface area contributed by atoms with Crippen LogP contribution in [0.2, 0.25) is 0 Å². The van der Waals surface area contributed by atoms with E-state index in [-0.39, 0.29) is 25.0 Å². The first-order valence-corrected chi connectivity index (χ1v) is 8.40. The Kier molecular flexibility index (Phi) is 5.12. The number of rotatable bonds is 5. The van der Waals surface area contributed by atoms with E-state index in [9.17, 15) is 9.59 Å². The third-order valence-electron chi connectivity index (χ3n) is 3.74. The molecule has 0 bridgehead atoms. The van der Waals surface area contributed by atoms with Crippen LogP contribution < -0.4 is 10.1 Å². The van der Waals surface area contributed by atoms with E-state index in [1.807, 2.05) is 17.5 Å². The summed E-state index contributed by atoms with van der Waals surface area (Å²) >= 11 is 1.56. The lowest BCUT2D eigenvalue weighted by atomic mass is 10.2. The summed E-state index contributed by atoms with van der Waals surface area (Å²) in [5.74, 6) is 0.201. The number of nitrogens with one attached hydrogen (secondary N) is 1. The van der Waals surface area contributed by atoms with Crippen molar-refractivity contribution in [1.29, 1.82) is 0 Å². The number of benzene rings is 1. The van der Waals surface area contributed by atoms with Crippen molar-refractivity contribution in [2.45, 2.75) is 12.6 Å². The van der Waals surface area contributed by atoms with Crippen molar-refractivity contribution in [3.63, 3.8) is 0 Å². The minimum Gasteiger partial charge on any atom is -0.497 e. The number of anilines is 1. The molecule has 24 heavy (non-hydrogen) atoms. The number of nitrogens with zero attached hydrogens (tertiary/aromatic N) is 1. The maximum Gasteiger partial charge on any atom is 0.249 e. The van der Waals surface area contributed by atoms with Gasteiger partial charge in [-0.2, -0.15) is 0 Å². The second kappa shape index (κ2) is 7.46. The van der Waals surface area contributed by atoms with Crippen molar-refractivity contribution < 1.29 is 19.1 Å². The molecule has 3 rings (SSSR count). The van der Waals surface area contributed by atoms with E-state index >= 15 is 0 Å². The molecule has 0 aliphatic carbocycles. The van der Waals surface area contributed by atoms with Gasteiger partial charge in [0.2, 0.25) is 11.8 Å². The Morgan fingerprint density at radius 3 is 3.04 bits per heavy atom. The molecule has 126 valence electrons. The van der Waals surface area contributed by atoms with Crippen LogP contribution in [0.3, 0.4) is 0 Å². The minimum absolute atomic E-state index is 0.00825. The normalized spacial score (nSPS) is 17.6. The highest BCUT2D eigenvalue weighted by molar-refractivity contribution is 7.09. The van der Waals surface area contributed by atoms with Crippen molar-refractivity contribution in [1.82, 2.24) is 4.90 Å². The van der Waals surface area contributed by atoms with Crippen LogP contribution >= 0.6 is 11.3 Å². The second-order valence-electron chi connectivity index (χ2n) is 5.35. The molecule has 1 N–H and O–H groups in total. The Balaban J connectivity index is 1.74. The first-order chi connectivity index (χ1) is 11.7. The molecule has 1 aliphatic heterocycles. The zero-order valence-electron chi connectivity index (χ0n) is 13.2. The predicted molar refractivity (Wildman–Crippen MR) is 91.1 cm³/mol. The zero-order valence-corrected chi connectivity index (χ0v) is 14.0. The van der Waals surface area contributed by atoms with Crippen molar-refractivity contribution in [3.05, 3.63) is 46.7 Å². The van der Waals surface area contributed by atoms with Crippen LogP contribution in [0.15, 0.2) is 41.8 Å². The molecule has 2 aromatic rings. The fourth-order valence-electron chi connectivity index (χ4n) is 2.52. The van der Waals surface area contributed by atoms with Crippen molar-refractivity contribution in [3.8, 4) is 5.75 Å². The average Bonchev–Trinajstić information content (AvgIpc) is 3.10. The van der Waals surface area contributed by atoms with Gasteiger partial charge in [-0.25, -0.2) is 0 Å². The maximum atomic E-state index is 12.6. The van der Waals surface area contributed by atoms with Crippen molar-refractivity contribution in [2.24, 2.45) is 0 Å². The number of hydrogen-bond acceptors (Lipinski definition) is 5. The zero-order chi connectivity index (χ0) is 16.9. The molecule has 2 heterocycles. The van der Waals surface area contributed by atoms with Crippen LogP contribution in [0, 0.1) is 0 Å². The molecule has 0 spiro atoms. The number of hydrogen-bond donors (Lipinski definition) is 1. The Labute approximate surface area is 144 Å². The van der Waals surface area contributed by atoms with E-state index in [4.69, 9.17) is 9.47 Å². The molecule has 1 fully saturated rings. The smallest absolute Gasteiger partial charge is 0.249 e. The van der Waals surface area contributed by atoms with Gasteiger partial charge in [-0.05, 0) is 23.6 Å². The van der Waals surface area contributed by atoms with Gasteiger partial charge >= 0.3 is 0 Å². The standard InChI is InChI=1S/C17H18N2O4S/c1-22-13-5-2-4-12(8-13)18-17(21)15-10-23-11-16(20)19(15)9-14-6-3-7-24-14/h2-8,15H,9-11H2,1H3,(H,18,21). The maximum absolute atomic E-state index is 12.6. The van der Waals surface area contributed by atoms with Gasteiger partial charge in [-0.1, -0.05) is 12.1 Å². The number of methoxy groups -OCH3 is 1. The summed E-state index contributed by atoms with van der Waals surface area (Å²) in [5, 5.41) is 4.78. The highest BCUT2D eigenvalue weighted by Crippen LogP contribution is 2.20. The van der Waals surface area contributed by atoms with E-state index in [1.54, 1.807) is 47.6 Å². The van der Waals surface area contributed by atoms with Crippen LogP contribution in [0.25, 0.3) is 0 Å². The van der Waals surface area contributed by atoms with Gasteiger partial charge in [0.15, 0.2) is 0 Å². The van der Waals surface area contributed by atoms with Gasteiger partial charge < -0.3 is 19.7 Å². The van der Waals surface area contributed by atoms with Crippen LogP contribution in [-0.4, -0.2) is 43.1 Å². The largest absolute Gasteiger partial charge is 0.497 e. The van der Waals surface area contributed by atoms with E-state index in [1.165, 1.54) is 0 Å². The van der Waals surface area contributed by atoms with E-state index in [0.29, 0.717) is 18.0 Å². The highest BCUT2D eigenvalue weighted by Gasteiger charge is 2.34. The number of carbonyl (C=O) groups excluding carboxylic acids is 2. The summed E-state index contributed by atoms with van der Waals surface area (Å²) in [5.41, 5.74) is 0.619. The summed E-state index contributed by atoms with van der Waals surface area (Å²) in [6.45, 7) is 0.608. The summed E-state index contributed by atoms with van der Waals surface area (Å²) in [4.78, 5) is 27.4. The Hall–Kier alpha value is -2.38. The second-order valence-corrected chi connectivity index (χ2v) is 6.39. The Morgan fingerprint density at radius 1 is 1.42 bits per heavy atom. The highest BCUT2D eigenvalue weighted by atomic mass is 32.1.